The van der Waals surface area contributed by atoms with Crippen molar-refractivity contribution in [2.24, 2.45) is 0 Å². The molecule has 1 aromatic carbocycles. The zero-order valence-electron chi connectivity index (χ0n) is 14.4. The number of aryl methyl sites for hydroxylation is 1. The van der Waals surface area contributed by atoms with E-state index in [0.717, 1.165) is 21.5 Å². The lowest BCUT2D eigenvalue weighted by Gasteiger charge is -2.27. The predicted octanol–water partition coefficient (Wildman–Crippen LogP) is 3.04. The Balaban J connectivity index is 1.95. The number of nitrogens with zero attached hydrogens (tertiary/aromatic N) is 3. The molecule has 3 rings (SSSR count). The summed E-state index contributed by atoms with van der Waals surface area (Å²) in [6.07, 6.45) is 1.71. The van der Waals surface area contributed by atoms with Gasteiger partial charge in [0, 0.05) is 25.9 Å². The number of hydrogen-bond acceptors (Lipinski definition) is 6. The summed E-state index contributed by atoms with van der Waals surface area (Å²) in [6.45, 7) is 2.30. The van der Waals surface area contributed by atoms with Crippen LogP contribution in [0.4, 0.5) is 5.13 Å². The van der Waals surface area contributed by atoms with Crippen LogP contribution in [0.3, 0.4) is 0 Å². The molecule has 1 unspecified atom stereocenters. The minimum absolute atomic E-state index is 0.0929. The average Bonchev–Trinajstić information content (AvgIpc) is 3.00. The molecule has 0 aliphatic rings. The van der Waals surface area contributed by atoms with Crippen LogP contribution in [0.2, 0.25) is 0 Å². The van der Waals surface area contributed by atoms with Gasteiger partial charge in [-0.05, 0) is 36.8 Å². The second-order valence-electron chi connectivity index (χ2n) is 5.83. The van der Waals surface area contributed by atoms with Crippen LogP contribution in [-0.2, 0) is 4.74 Å². The molecule has 1 amide bonds. The number of carbonyl (C=O) groups excluding carboxylic acids is 1. The van der Waals surface area contributed by atoms with Crippen LogP contribution in [0, 0.1) is 6.92 Å². The summed E-state index contributed by atoms with van der Waals surface area (Å²) in [5, 5.41) is 0.502. The molecule has 3 aromatic rings. The first-order valence-electron chi connectivity index (χ1n) is 7.85. The molecule has 0 saturated carbocycles. The van der Waals surface area contributed by atoms with Crippen molar-refractivity contribution in [2.75, 3.05) is 26.5 Å². The molecular weight excluding hydrogens is 336 g/mol. The van der Waals surface area contributed by atoms with Crippen molar-refractivity contribution in [3.05, 3.63) is 53.3 Å². The van der Waals surface area contributed by atoms with Crippen LogP contribution in [0.15, 0.2) is 36.5 Å². The molecule has 2 aromatic heterocycles. The van der Waals surface area contributed by atoms with Crippen LogP contribution in [0.5, 0.6) is 0 Å². The van der Waals surface area contributed by atoms with Gasteiger partial charge >= 0.3 is 0 Å². The van der Waals surface area contributed by atoms with E-state index in [0.29, 0.717) is 17.3 Å². The van der Waals surface area contributed by atoms with Crippen LogP contribution in [0.25, 0.3) is 10.2 Å². The Kier molecular flexibility index (Phi) is 4.96. The lowest BCUT2D eigenvalue weighted by molar-refractivity contribution is 0.0595. The molecule has 0 aliphatic carbocycles. The number of anilines is 1. The molecule has 0 aliphatic heterocycles. The van der Waals surface area contributed by atoms with Gasteiger partial charge in [0.2, 0.25) is 0 Å². The van der Waals surface area contributed by atoms with Crippen LogP contribution in [0.1, 0.15) is 27.7 Å². The number of nitrogens with two attached hydrogens (primary N) is 1. The first kappa shape index (κ1) is 17.3. The van der Waals surface area contributed by atoms with E-state index in [4.69, 9.17) is 10.5 Å². The molecule has 7 heteroatoms. The SMILES string of the molecule is COCC(c1ccccn1)N(C)C(=O)c1cc(C)c2nc(N)sc2c1. The van der Waals surface area contributed by atoms with Crippen molar-refractivity contribution in [3.8, 4) is 0 Å². The standard InChI is InChI=1S/C18H20N4O2S/c1-11-8-12(9-15-16(11)21-18(19)25-15)17(23)22(2)14(10-24-3)13-6-4-5-7-20-13/h4-9,14H,10H2,1-3H3,(H2,19,21). The molecule has 25 heavy (non-hydrogen) atoms. The van der Waals surface area contributed by atoms with Gasteiger partial charge in [-0.15, -0.1) is 0 Å². The molecule has 0 radical (unpaired) electrons. The molecule has 2 N–H and O–H groups in total. The van der Waals surface area contributed by atoms with Gasteiger partial charge in [-0.2, -0.15) is 0 Å². The number of pyridine rings is 1. The maximum Gasteiger partial charge on any atom is 0.254 e. The quantitative estimate of drug-likeness (QED) is 0.760. The summed E-state index contributed by atoms with van der Waals surface area (Å²) in [5.41, 5.74) is 8.97. The summed E-state index contributed by atoms with van der Waals surface area (Å²) in [7, 11) is 3.38. The monoisotopic (exact) mass is 356 g/mol. The number of methoxy groups -OCH3 is 1. The van der Waals surface area contributed by atoms with Crippen molar-refractivity contribution < 1.29 is 9.53 Å². The number of carbonyl (C=O) groups is 1. The highest BCUT2D eigenvalue weighted by Gasteiger charge is 2.24. The molecule has 0 spiro atoms. The minimum atomic E-state index is -0.263. The summed E-state index contributed by atoms with van der Waals surface area (Å²) in [4.78, 5) is 23.4. The summed E-state index contributed by atoms with van der Waals surface area (Å²) >= 11 is 1.38. The maximum atomic E-state index is 13.0. The molecule has 2 heterocycles. The van der Waals surface area contributed by atoms with E-state index in [1.54, 1.807) is 25.3 Å². The van der Waals surface area contributed by atoms with Gasteiger partial charge < -0.3 is 15.4 Å². The number of rotatable bonds is 5. The summed E-state index contributed by atoms with van der Waals surface area (Å²) < 4.78 is 6.22. The number of thiazole rings is 1. The Hall–Kier alpha value is -2.51. The van der Waals surface area contributed by atoms with Crippen molar-refractivity contribution in [1.29, 1.82) is 0 Å². The van der Waals surface area contributed by atoms with Crippen molar-refractivity contribution in [1.82, 2.24) is 14.9 Å². The maximum absolute atomic E-state index is 13.0. The van der Waals surface area contributed by atoms with Gasteiger partial charge in [0.25, 0.3) is 5.91 Å². The summed E-state index contributed by atoms with van der Waals surface area (Å²) in [5.74, 6) is -0.0929. The zero-order chi connectivity index (χ0) is 18.0. The number of likely N-dealkylation sites (N-methyl/N-ethyl adjacent to an activating group) is 1. The number of amides is 1. The number of benzene rings is 1. The molecule has 0 fully saturated rings. The van der Waals surface area contributed by atoms with Gasteiger partial charge in [-0.25, -0.2) is 4.98 Å². The number of aromatic nitrogens is 2. The second kappa shape index (κ2) is 7.16. The van der Waals surface area contributed by atoms with E-state index in [2.05, 4.69) is 9.97 Å². The largest absolute Gasteiger partial charge is 0.382 e. The fraction of sp³-hybridized carbons (Fsp3) is 0.278. The fourth-order valence-corrected chi connectivity index (χ4v) is 3.66. The lowest BCUT2D eigenvalue weighted by Crippen LogP contribution is -2.34. The normalized spacial score (nSPS) is 12.3. The highest BCUT2D eigenvalue weighted by Crippen LogP contribution is 2.29. The zero-order valence-corrected chi connectivity index (χ0v) is 15.2. The third-order valence-electron chi connectivity index (χ3n) is 4.09. The highest BCUT2D eigenvalue weighted by molar-refractivity contribution is 7.22. The Morgan fingerprint density at radius 1 is 1.40 bits per heavy atom. The van der Waals surface area contributed by atoms with Gasteiger partial charge in [0.15, 0.2) is 5.13 Å². The summed E-state index contributed by atoms with van der Waals surface area (Å²) in [6, 6.07) is 9.08. The molecular formula is C18H20N4O2S. The third-order valence-corrected chi connectivity index (χ3v) is 4.92. The number of nitrogen functional groups attached to an aromatic ring is 1. The van der Waals surface area contributed by atoms with E-state index < -0.39 is 0 Å². The lowest BCUT2D eigenvalue weighted by atomic mass is 10.1. The van der Waals surface area contributed by atoms with E-state index in [-0.39, 0.29) is 11.9 Å². The fourth-order valence-electron chi connectivity index (χ4n) is 2.81. The number of hydrogen-bond donors (Lipinski definition) is 1. The van der Waals surface area contributed by atoms with Crippen LogP contribution >= 0.6 is 11.3 Å². The third kappa shape index (κ3) is 3.47. The Morgan fingerprint density at radius 2 is 2.20 bits per heavy atom. The first-order valence-corrected chi connectivity index (χ1v) is 8.66. The van der Waals surface area contributed by atoms with Gasteiger partial charge in [-0.3, -0.25) is 9.78 Å². The van der Waals surface area contributed by atoms with Crippen molar-refractivity contribution in [2.45, 2.75) is 13.0 Å². The van der Waals surface area contributed by atoms with Gasteiger partial charge in [0.05, 0.1) is 28.6 Å². The number of ether oxygens (including phenoxy) is 1. The Labute approximate surface area is 150 Å². The first-order chi connectivity index (χ1) is 12.0. The Morgan fingerprint density at radius 3 is 2.88 bits per heavy atom. The second-order valence-corrected chi connectivity index (χ2v) is 6.90. The van der Waals surface area contributed by atoms with Gasteiger partial charge in [0.1, 0.15) is 0 Å². The molecule has 0 saturated heterocycles. The van der Waals surface area contributed by atoms with Crippen LogP contribution in [-0.4, -0.2) is 41.5 Å². The van der Waals surface area contributed by atoms with Gasteiger partial charge in [-0.1, -0.05) is 17.4 Å². The Bertz CT molecular complexity index is 895. The molecule has 0 bridgehead atoms. The van der Waals surface area contributed by atoms with E-state index in [9.17, 15) is 4.79 Å². The highest BCUT2D eigenvalue weighted by atomic mass is 32.1. The topological polar surface area (TPSA) is 81.3 Å². The van der Waals surface area contributed by atoms with E-state index >= 15 is 0 Å². The smallest absolute Gasteiger partial charge is 0.254 e. The van der Waals surface area contributed by atoms with Crippen LogP contribution < -0.4 is 5.73 Å². The van der Waals surface area contributed by atoms with E-state index in [1.807, 2.05) is 37.3 Å². The molecule has 1 atom stereocenters. The van der Waals surface area contributed by atoms with Crippen molar-refractivity contribution >= 4 is 32.6 Å². The average molecular weight is 356 g/mol. The van der Waals surface area contributed by atoms with E-state index in [1.165, 1.54) is 11.3 Å². The minimum Gasteiger partial charge on any atom is -0.382 e. The predicted molar refractivity (Wildman–Crippen MR) is 99.7 cm³/mol. The molecule has 130 valence electrons. The molecule has 6 nitrogen and oxygen atoms in total. The van der Waals surface area contributed by atoms with Crippen molar-refractivity contribution in [3.63, 3.8) is 0 Å². The number of fused-ring (bicyclic) bond motifs is 1.